The van der Waals surface area contributed by atoms with Crippen LogP contribution in [0.15, 0.2) is 40.5 Å². The zero-order chi connectivity index (χ0) is 16.2. The molecule has 0 amide bonds. The first kappa shape index (κ1) is 21.4. The van der Waals surface area contributed by atoms with Gasteiger partial charge in [-0.25, -0.2) is 0 Å². The van der Waals surface area contributed by atoms with Crippen LogP contribution in [0.25, 0.3) is 0 Å². The van der Waals surface area contributed by atoms with Crippen molar-refractivity contribution in [3.63, 3.8) is 0 Å². The predicted molar refractivity (Wildman–Crippen MR) is 113 cm³/mol. The summed E-state index contributed by atoms with van der Waals surface area (Å²) in [7, 11) is 0. The summed E-state index contributed by atoms with van der Waals surface area (Å²) in [6, 6.07) is 3.91. The highest BCUT2D eigenvalue weighted by atomic mass is 127. The number of thioether (sulfide) groups is 1. The second kappa shape index (κ2) is 13.6. The van der Waals surface area contributed by atoms with Gasteiger partial charge < -0.3 is 19.8 Å². The molecule has 0 saturated carbocycles. The molecule has 1 aromatic heterocycles. The van der Waals surface area contributed by atoms with Gasteiger partial charge in [0.1, 0.15) is 5.76 Å². The van der Waals surface area contributed by atoms with Crippen molar-refractivity contribution in [3.8, 4) is 0 Å². The maximum absolute atomic E-state index is 5.41. The molecule has 1 saturated heterocycles. The average Bonchev–Trinajstić information content (AvgIpc) is 3.25. The highest BCUT2D eigenvalue weighted by Crippen LogP contribution is 2.12. The molecule has 1 aromatic rings. The third-order valence-corrected chi connectivity index (χ3v) is 4.51. The molecule has 0 aromatic carbocycles. The molecule has 0 spiro atoms. The minimum atomic E-state index is 0. The standard InChI is InChI=1S/C17H27N3O2S.HI/c1-2-11-23-12-8-19-17(20-13-15-6-10-21-14-15)18-7-5-16-4-3-9-22-16;/h2-4,9,15H,1,5-8,10-14H2,(H2,18,19,20);1H. The Morgan fingerprint density at radius 3 is 3.00 bits per heavy atom. The van der Waals surface area contributed by atoms with Crippen molar-refractivity contribution in [2.75, 3.05) is 44.4 Å². The number of rotatable bonds is 10. The second-order valence-electron chi connectivity index (χ2n) is 5.47. The summed E-state index contributed by atoms with van der Waals surface area (Å²) in [6.45, 7) is 7.95. The van der Waals surface area contributed by atoms with Gasteiger partial charge in [-0.05, 0) is 18.6 Å². The lowest BCUT2D eigenvalue weighted by Gasteiger charge is -2.13. The van der Waals surface area contributed by atoms with E-state index in [-0.39, 0.29) is 24.0 Å². The van der Waals surface area contributed by atoms with E-state index < -0.39 is 0 Å². The number of halogens is 1. The molecule has 136 valence electrons. The van der Waals surface area contributed by atoms with Gasteiger partial charge in [0.25, 0.3) is 0 Å². The first-order valence-corrected chi connectivity index (χ1v) is 9.35. The number of nitrogens with zero attached hydrogens (tertiary/aromatic N) is 1. The fourth-order valence-electron chi connectivity index (χ4n) is 2.29. The molecule has 1 fully saturated rings. The van der Waals surface area contributed by atoms with Gasteiger partial charge in [-0.3, -0.25) is 4.99 Å². The summed E-state index contributed by atoms with van der Waals surface area (Å²) < 4.78 is 10.8. The Bertz CT molecular complexity index is 462. The molecule has 1 atom stereocenters. The summed E-state index contributed by atoms with van der Waals surface area (Å²) >= 11 is 1.86. The van der Waals surface area contributed by atoms with E-state index >= 15 is 0 Å². The molecule has 5 nitrogen and oxygen atoms in total. The van der Waals surface area contributed by atoms with Crippen molar-refractivity contribution in [2.45, 2.75) is 12.8 Å². The largest absolute Gasteiger partial charge is 0.469 e. The van der Waals surface area contributed by atoms with E-state index in [1.54, 1.807) is 6.26 Å². The van der Waals surface area contributed by atoms with Gasteiger partial charge >= 0.3 is 0 Å². The maximum Gasteiger partial charge on any atom is 0.191 e. The summed E-state index contributed by atoms with van der Waals surface area (Å²) in [5, 5.41) is 6.78. The summed E-state index contributed by atoms with van der Waals surface area (Å²) in [4.78, 5) is 4.70. The Kier molecular flexibility index (Phi) is 12.1. The molecule has 2 N–H and O–H groups in total. The van der Waals surface area contributed by atoms with Crippen LogP contribution in [0.3, 0.4) is 0 Å². The van der Waals surface area contributed by atoms with Crippen LogP contribution in [0.2, 0.25) is 0 Å². The summed E-state index contributed by atoms with van der Waals surface area (Å²) in [5.74, 6) is 4.44. The van der Waals surface area contributed by atoms with Crippen LogP contribution >= 0.6 is 35.7 Å². The van der Waals surface area contributed by atoms with Crippen molar-refractivity contribution in [1.29, 1.82) is 0 Å². The Balaban J connectivity index is 0.00000288. The lowest BCUT2D eigenvalue weighted by molar-refractivity contribution is 0.187. The Morgan fingerprint density at radius 2 is 2.29 bits per heavy atom. The Morgan fingerprint density at radius 1 is 1.42 bits per heavy atom. The van der Waals surface area contributed by atoms with E-state index in [4.69, 9.17) is 14.1 Å². The van der Waals surface area contributed by atoms with Crippen molar-refractivity contribution >= 4 is 41.7 Å². The van der Waals surface area contributed by atoms with Gasteiger partial charge in [-0.15, -0.1) is 30.6 Å². The third kappa shape index (κ3) is 8.98. The molecular formula is C17H28IN3O2S. The number of furan rings is 1. The van der Waals surface area contributed by atoms with Gasteiger partial charge in [-0.1, -0.05) is 6.08 Å². The van der Waals surface area contributed by atoms with E-state index in [0.29, 0.717) is 5.92 Å². The topological polar surface area (TPSA) is 58.8 Å². The Hall–Kier alpha value is -0.670. The normalized spacial score (nSPS) is 17.3. The zero-order valence-corrected chi connectivity index (χ0v) is 17.2. The van der Waals surface area contributed by atoms with E-state index in [9.17, 15) is 0 Å². The molecule has 0 aliphatic carbocycles. The van der Waals surface area contributed by atoms with Gasteiger partial charge in [0.15, 0.2) is 5.96 Å². The van der Waals surface area contributed by atoms with Gasteiger partial charge in [0, 0.05) is 50.1 Å². The van der Waals surface area contributed by atoms with Crippen LogP contribution in [0.4, 0.5) is 0 Å². The first-order valence-electron chi connectivity index (χ1n) is 8.19. The third-order valence-electron chi connectivity index (χ3n) is 3.55. The lowest BCUT2D eigenvalue weighted by Crippen LogP contribution is -2.40. The van der Waals surface area contributed by atoms with Crippen LogP contribution in [-0.4, -0.2) is 50.3 Å². The van der Waals surface area contributed by atoms with E-state index in [0.717, 1.165) is 68.9 Å². The van der Waals surface area contributed by atoms with Crippen LogP contribution in [0, 0.1) is 5.92 Å². The van der Waals surface area contributed by atoms with Crippen molar-refractivity contribution < 1.29 is 9.15 Å². The van der Waals surface area contributed by atoms with Crippen LogP contribution in [0.5, 0.6) is 0 Å². The molecule has 1 unspecified atom stereocenters. The number of guanidine groups is 1. The molecule has 0 radical (unpaired) electrons. The number of aliphatic imine (C=N–C) groups is 1. The van der Waals surface area contributed by atoms with E-state index in [1.807, 2.05) is 30.0 Å². The van der Waals surface area contributed by atoms with E-state index in [1.165, 1.54) is 0 Å². The van der Waals surface area contributed by atoms with Gasteiger partial charge in [-0.2, -0.15) is 11.8 Å². The zero-order valence-electron chi connectivity index (χ0n) is 14.0. The second-order valence-corrected chi connectivity index (χ2v) is 6.62. The average molecular weight is 465 g/mol. The predicted octanol–water partition coefficient (Wildman–Crippen LogP) is 2.93. The monoisotopic (exact) mass is 465 g/mol. The fraction of sp³-hybridized carbons (Fsp3) is 0.588. The number of hydrogen-bond donors (Lipinski definition) is 2. The molecule has 1 aliphatic rings. The minimum absolute atomic E-state index is 0. The molecule has 24 heavy (non-hydrogen) atoms. The fourth-order valence-corrected chi connectivity index (χ4v) is 2.87. The SMILES string of the molecule is C=CCSCCNC(=NCC1CCOC1)NCCc1ccco1.I. The van der Waals surface area contributed by atoms with Crippen molar-refractivity contribution in [3.05, 3.63) is 36.8 Å². The van der Waals surface area contributed by atoms with E-state index in [2.05, 4.69) is 17.2 Å². The van der Waals surface area contributed by atoms with Crippen LogP contribution in [-0.2, 0) is 11.2 Å². The smallest absolute Gasteiger partial charge is 0.191 e. The quantitative estimate of drug-likeness (QED) is 0.183. The summed E-state index contributed by atoms with van der Waals surface area (Å²) in [6.07, 6.45) is 5.60. The molecule has 1 aliphatic heterocycles. The molecule has 0 bridgehead atoms. The van der Waals surface area contributed by atoms with Crippen molar-refractivity contribution in [2.24, 2.45) is 10.9 Å². The highest BCUT2D eigenvalue weighted by molar-refractivity contribution is 14.0. The molecular weight excluding hydrogens is 437 g/mol. The van der Waals surface area contributed by atoms with Gasteiger partial charge in [0.05, 0.1) is 12.9 Å². The number of nitrogens with one attached hydrogen (secondary N) is 2. The van der Waals surface area contributed by atoms with Crippen molar-refractivity contribution in [1.82, 2.24) is 10.6 Å². The van der Waals surface area contributed by atoms with Crippen LogP contribution in [0.1, 0.15) is 12.2 Å². The Labute approximate surface area is 166 Å². The van der Waals surface area contributed by atoms with Gasteiger partial charge in [0.2, 0.25) is 0 Å². The number of hydrogen-bond acceptors (Lipinski definition) is 4. The number of ether oxygens (including phenoxy) is 1. The maximum atomic E-state index is 5.41. The lowest BCUT2D eigenvalue weighted by atomic mass is 10.1. The van der Waals surface area contributed by atoms with Crippen LogP contribution < -0.4 is 10.6 Å². The molecule has 7 heteroatoms. The summed E-state index contributed by atoms with van der Waals surface area (Å²) in [5.41, 5.74) is 0. The minimum Gasteiger partial charge on any atom is -0.469 e. The first-order chi connectivity index (χ1) is 11.4. The molecule has 2 rings (SSSR count). The molecule has 2 heterocycles. The highest BCUT2D eigenvalue weighted by Gasteiger charge is 2.15.